The molecule has 2 aliphatic rings. The van der Waals surface area contributed by atoms with Crippen LogP contribution >= 0.6 is 33.3 Å². The number of thioether (sulfide) groups is 1. The highest BCUT2D eigenvalue weighted by Crippen LogP contribution is 2.61. The lowest BCUT2D eigenvalue weighted by molar-refractivity contribution is -0.113. The molecule has 0 amide bonds. The minimum absolute atomic E-state index is 0.0719. The molecule has 0 fully saturated rings. The fraction of sp³-hybridized carbons (Fsp3) is 0.438. The van der Waals surface area contributed by atoms with Crippen molar-refractivity contribution in [2.24, 2.45) is 5.92 Å². The Morgan fingerprint density at radius 2 is 2.05 bits per heavy atom. The minimum Gasteiger partial charge on any atom is -0.375 e. The van der Waals surface area contributed by atoms with Crippen molar-refractivity contribution in [3.8, 4) is 0 Å². The van der Waals surface area contributed by atoms with E-state index in [4.69, 9.17) is 0 Å². The molecule has 0 radical (unpaired) electrons. The van der Waals surface area contributed by atoms with Gasteiger partial charge in [-0.2, -0.15) is 0 Å². The largest absolute Gasteiger partial charge is 0.375 e. The number of anilines is 1. The highest BCUT2D eigenvalue weighted by Gasteiger charge is 2.42. The fourth-order valence-electron chi connectivity index (χ4n) is 2.52. The lowest BCUT2D eigenvalue weighted by Crippen LogP contribution is -2.35. The highest BCUT2D eigenvalue weighted by atomic mass is 33.1. The molecule has 1 N–H and O–H groups in total. The van der Waals surface area contributed by atoms with E-state index < -0.39 is 0 Å². The first-order valence-corrected chi connectivity index (χ1v) is 10.2. The van der Waals surface area contributed by atoms with Crippen LogP contribution in [0.2, 0.25) is 0 Å². The number of benzene rings is 1. The minimum atomic E-state index is -0.0719. The fourth-order valence-corrected chi connectivity index (χ4v) is 7.50. The van der Waals surface area contributed by atoms with Crippen molar-refractivity contribution in [1.29, 1.82) is 0 Å². The number of hydrogen-bond acceptors (Lipinski definition) is 5. The van der Waals surface area contributed by atoms with Crippen LogP contribution in [0.3, 0.4) is 0 Å². The van der Waals surface area contributed by atoms with Crippen LogP contribution in [-0.4, -0.2) is 15.2 Å². The standard InChI is InChI=1S/C16H19NOS3/c1-9(2)14(18)19-15-12-10-7-5-6-8-11(10)17-16(3,4)13(12)20-21-15/h5-9,15,17H,1-4H3. The van der Waals surface area contributed by atoms with E-state index in [9.17, 15) is 4.79 Å². The first-order valence-electron chi connectivity index (χ1n) is 7.06. The molecular formula is C16H19NOS3. The number of para-hydroxylation sites is 1. The summed E-state index contributed by atoms with van der Waals surface area (Å²) >= 11 is 1.48. The maximum atomic E-state index is 12.1. The molecule has 3 rings (SSSR count). The molecular weight excluding hydrogens is 318 g/mol. The van der Waals surface area contributed by atoms with Gasteiger partial charge in [-0.1, -0.05) is 65.4 Å². The number of rotatable bonds is 2. The van der Waals surface area contributed by atoms with E-state index >= 15 is 0 Å². The zero-order chi connectivity index (χ0) is 15.2. The molecule has 0 spiro atoms. The summed E-state index contributed by atoms with van der Waals surface area (Å²) in [4.78, 5) is 13.5. The second-order valence-electron chi connectivity index (χ2n) is 6.14. The Morgan fingerprint density at radius 1 is 1.33 bits per heavy atom. The van der Waals surface area contributed by atoms with Gasteiger partial charge >= 0.3 is 0 Å². The van der Waals surface area contributed by atoms with Crippen LogP contribution in [0, 0.1) is 5.92 Å². The molecule has 5 heteroatoms. The van der Waals surface area contributed by atoms with E-state index in [1.54, 1.807) is 10.8 Å². The quantitative estimate of drug-likeness (QED) is 0.746. The van der Waals surface area contributed by atoms with Gasteiger partial charge in [0, 0.05) is 22.1 Å². The van der Waals surface area contributed by atoms with E-state index in [1.807, 2.05) is 24.6 Å². The molecule has 2 heterocycles. The Labute approximate surface area is 138 Å². The van der Waals surface area contributed by atoms with Crippen molar-refractivity contribution in [1.82, 2.24) is 0 Å². The van der Waals surface area contributed by atoms with Crippen molar-refractivity contribution in [3.05, 3.63) is 34.7 Å². The van der Waals surface area contributed by atoms with Crippen LogP contribution < -0.4 is 5.32 Å². The molecule has 0 saturated heterocycles. The van der Waals surface area contributed by atoms with E-state index in [1.165, 1.54) is 33.5 Å². The Balaban J connectivity index is 2.02. The molecule has 2 aliphatic heterocycles. The molecule has 21 heavy (non-hydrogen) atoms. The first kappa shape index (κ1) is 15.4. The van der Waals surface area contributed by atoms with Crippen molar-refractivity contribution < 1.29 is 4.79 Å². The Morgan fingerprint density at radius 3 is 2.76 bits per heavy atom. The van der Waals surface area contributed by atoms with E-state index in [-0.39, 0.29) is 21.2 Å². The predicted octanol–water partition coefficient (Wildman–Crippen LogP) is 5.24. The van der Waals surface area contributed by atoms with Gasteiger partial charge in [0.25, 0.3) is 0 Å². The van der Waals surface area contributed by atoms with Crippen LogP contribution in [0.5, 0.6) is 0 Å². The summed E-state index contributed by atoms with van der Waals surface area (Å²) in [5.74, 6) is 0.0789. The zero-order valence-corrected chi connectivity index (χ0v) is 15.0. The smallest absolute Gasteiger partial charge is 0.192 e. The lowest BCUT2D eigenvalue weighted by Gasteiger charge is -2.35. The van der Waals surface area contributed by atoms with E-state index in [0.29, 0.717) is 0 Å². The summed E-state index contributed by atoms with van der Waals surface area (Å²) in [6, 6.07) is 8.42. The van der Waals surface area contributed by atoms with Crippen LogP contribution in [0.1, 0.15) is 33.3 Å². The Hall–Kier alpha value is -0.520. The molecule has 112 valence electrons. The normalized spacial score (nSPS) is 22.8. The zero-order valence-electron chi connectivity index (χ0n) is 12.6. The monoisotopic (exact) mass is 337 g/mol. The highest BCUT2D eigenvalue weighted by molar-refractivity contribution is 8.80. The maximum absolute atomic E-state index is 12.1. The van der Waals surface area contributed by atoms with Crippen LogP contribution in [0.4, 0.5) is 5.69 Å². The first-order chi connectivity index (χ1) is 9.90. The van der Waals surface area contributed by atoms with Gasteiger partial charge in [0.05, 0.1) is 10.1 Å². The summed E-state index contributed by atoms with van der Waals surface area (Å²) in [5, 5.41) is 3.89. The molecule has 1 unspecified atom stereocenters. The molecule has 0 aromatic heterocycles. The molecule has 1 aromatic carbocycles. The maximum Gasteiger partial charge on any atom is 0.192 e. The number of carbonyl (C=O) groups excluding carboxylic acids is 1. The molecule has 1 atom stereocenters. The third-order valence-electron chi connectivity index (χ3n) is 3.63. The summed E-state index contributed by atoms with van der Waals surface area (Å²) in [5.41, 5.74) is 3.69. The number of carbonyl (C=O) groups is 1. The van der Waals surface area contributed by atoms with Gasteiger partial charge in [-0.15, -0.1) is 0 Å². The van der Waals surface area contributed by atoms with Gasteiger partial charge in [0.1, 0.15) is 0 Å². The third-order valence-corrected chi connectivity index (χ3v) is 8.49. The molecule has 0 aliphatic carbocycles. The predicted molar refractivity (Wildman–Crippen MR) is 97.5 cm³/mol. The van der Waals surface area contributed by atoms with Crippen LogP contribution in [-0.2, 0) is 4.79 Å². The van der Waals surface area contributed by atoms with E-state index in [2.05, 4.69) is 43.4 Å². The van der Waals surface area contributed by atoms with E-state index in [0.717, 1.165) is 0 Å². The Kier molecular flexibility index (Phi) is 4.10. The molecule has 0 bridgehead atoms. The second kappa shape index (κ2) is 5.60. The summed E-state index contributed by atoms with van der Waals surface area (Å²) in [7, 11) is 3.62. The number of hydrogen-bond donors (Lipinski definition) is 1. The number of nitrogens with one attached hydrogen (secondary N) is 1. The SMILES string of the molecule is CC(C)C(=O)SC1SSC2=C1c1ccccc1NC2(C)C. The molecule has 2 nitrogen and oxygen atoms in total. The van der Waals surface area contributed by atoms with Gasteiger partial charge in [-0.3, -0.25) is 4.79 Å². The second-order valence-corrected chi connectivity index (χ2v) is 9.87. The summed E-state index contributed by atoms with van der Waals surface area (Å²) < 4.78 is 0.197. The number of fused-ring (bicyclic) bond motifs is 2. The van der Waals surface area contributed by atoms with Crippen LogP contribution in [0.15, 0.2) is 29.2 Å². The van der Waals surface area contributed by atoms with Gasteiger partial charge in [0.15, 0.2) is 5.12 Å². The van der Waals surface area contributed by atoms with Gasteiger partial charge < -0.3 is 5.32 Å². The molecule has 1 aromatic rings. The summed E-state index contributed by atoms with van der Waals surface area (Å²) in [6.45, 7) is 8.36. The topological polar surface area (TPSA) is 29.1 Å². The average Bonchev–Trinajstić information content (AvgIpc) is 2.83. The van der Waals surface area contributed by atoms with Crippen molar-refractivity contribution in [2.75, 3.05) is 5.32 Å². The van der Waals surface area contributed by atoms with Crippen molar-refractivity contribution in [2.45, 2.75) is 37.8 Å². The van der Waals surface area contributed by atoms with Gasteiger partial charge in [0.2, 0.25) is 0 Å². The summed E-state index contributed by atoms with van der Waals surface area (Å²) in [6.07, 6.45) is 0. The van der Waals surface area contributed by atoms with Gasteiger partial charge in [-0.25, -0.2) is 0 Å². The third kappa shape index (κ3) is 2.76. The molecule has 0 saturated carbocycles. The van der Waals surface area contributed by atoms with Crippen molar-refractivity contribution in [3.63, 3.8) is 0 Å². The van der Waals surface area contributed by atoms with Crippen LogP contribution in [0.25, 0.3) is 5.57 Å². The van der Waals surface area contributed by atoms with Crippen molar-refractivity contribution >= 4 is 49.7 Å². The average molecular weight is 338 g/mol. The Bertz CT molecular complexity index is 622. The lowest BCUT2D eigenvalue weighted by atomic mass is 9.91. The van der Waals surface area contributed by atoms with Gasteiger partial charge in [-0.05, 0) is 25.5 Å².